The number of sulfone groups is 1. The molecule has 8 aromatic carbocycles. The maximum absolute atomic E-state index is 13.2. The Morgan fingerprint density at radius 1 is 0.402 bits per heavy atom. The van der Waals surface area contributed by atoms with Crippen LogP contribution in [-0.4, -0.2) is 102 Å². The van der Waals surface area contributed by atoms with E-state index in [0.29, 0.717) is 73.7 Å². The SMILES string of the molecule is CC(C)Oc1ccc(S(=O)(=O)Cc2nc3ccccc3nc2Cl)cc1.CC(C)Oc1ccc(S(N)(=O)=O)cc1.COc1cc(N)cc(OC)c1.COc1cc(Nc2nc3ccccc3nc2NS(=O)(=O)c2ccc(OC(C)C)cc2)cc(OC)c1.Clc1nc2ccccc2nc1Cl. The molecular formula is C68H71Cl3N10O13S3. The van der Waals surface area contributed by atoms with Crippen molar-refractivity contribution < 1.29 is 58.4 Å². The molecule has 0 saturated carbocycles. The third kappa shape index (κ3) is 22.5. The third-order valence-electron chi connectivity index (χ3n) is 12.8. The Kier molecular flexibility index (Phi) is 26.6. The largest absolute Gasteiger partial charge is 0.497 e. The number of hydrogen-bond donors (Lipinski definition) is 4. The summed E-state index contributed by atoms with van der Waals surface area (Å²) in [5.41, 5.74) is 10.9. The summed E-state index contributed by atoms with van der Waals surface area (Å²) in [7, 11) is -4.88. The van der Waals surface area contributed by atoms with Crippen LogP contribution in [0.1, 0.15) is 47.2 Å². The summed E-state index contributed by atoms with van der Waals surface area (Å²) in [6.07, 6.45) is 0.0665. The van der Waals surface area contributed by atoms with Crippen molar-refractivity contribution in [2.75, 3.05) is 44.2 Å². The normalized spacial score (nSPS) is 11.2. The number of methoxy groups -OCH3 is 4. The molecule has 0 spiro atoms. The summed E-state index contributed by atoms with van der Waals surface area (Å²) in [5.74, 6) is 4.34. The van der Waals surface area contributed by atoms with Gasteiger partial charge in [-0.2, -0.15) is 0 Å². The van der Waals surface area contributed by atoms with Crippen LogP contribution in [0, 0.1) is 0 Å². The van der Waals surface area contributed by atoms with Crippen molar-refractivity contribution in [1.29, 1.82) is 0 Å². The molecule has 3 aromatic heterocycles. The highest BCUT2D eigenvalue weighted by molar-refractivity contribution is 7.92. The number of nitrogens with zero attached hydrogens (tertiary/aromatic N) is 6. The van der Waals surface area contributed by atoms with Gasteiger partial charge in [-0.3, -0.25) is 4.72 Å². The number of para-hydroxylation sites is 6. The molecule has 0 atom stereocenters. The molecule has 11 rings (SSSR count). The highest BCUT2D eigenvalue weighted by atomic mass is 35.5. The Morgan fingerprint density at radius 2 is 0.732 bits per heavy atom. The number of nitrogens with one attached hydrogen (secondary N) is 2. The van der Waals surface area contributed by atoms with Gasteiger partial charge in [0, 0.05) is 47.8 Å². The summed E-state index contributed by atoms with van der Waals surface area (Å²) >= 11 is 17.5. The molecule has 23 nitrogen and oxygen atoms in total. The molecule has 0 unspecified atom stereocenters. The Bertz CT molecular complexity index is 4730. The van der Waals surface area contributed by atoms with Gasteiger partial charge in [0.2, 0.25) is 10.0 Å². The second kappa shape index (κ2) is 34.4. The first kappa shape index (κ1) is 74.8. The zero-order valence-corrected chi connectivity index (χ0v) is 59.0. The molecule has 97 heavy (non-hydrogen) atoms. The van der Waals surface area contributed by atoms with Gasteiger partial charge in [-0.05, 0) is 151 Å². The van der Waals surface area contributed by atoms with Crippen LogP contribution in [0.2, 0.25) is 15.5 Å². The second-order valence-corrected chi connectivity index (χ2v) is 27.7. The zero-order chi connectivity index (χ0) is 70.6. The number of nitrogen functional groups attached to an aromatic ring is 1. The van der Waals surface area contributed by atoms with E-state index in [-0.39, 0.29) is 71.5 Å². The van der Waals surface area contributed by atoms with E-state index in [1.54, 1.807) is 126 Å². The number of rotatable bonds is 19. The van der Waals surface area contributed by atoms with Crippen LogP contribution < -0.4 is 54.1 Å². The van der Waals surface area contributed by atoms with E-state index in [0.717, 1.165) is 11.0 Å². The minimum atomic E-state index is -3.97. The molecule has 0 amide bonds. The first-order valence-corrected chi connectivity index (χ1v) is 35.2. The monoisotopic (exact) mass is 1440 g/mol. The summed E-state index contributed by atoms with van der Waals surface area (Å²) in [6, 6.07) is 50.8. The Hall–Kier alpha value is -9.54. The summed E-state index contributed by atoms with van der Waals surface area (Å²) < 4.78 is 113. The Morgan fingerprint density at radius 3 is 1.10 bits per heavy atom. The molecule has 6 N–H and O–H groups in total. The van der Waals surface area contributed by atoms with Gasteiger partial charge in [0.1, 0.15) is 46.0 Å². The summed E-state index contributed by atoms with van der Waals surface area (Å²) in [4.78, 5) is 26.1. The third-order valence-corrected chi connectivity index (χ3v) is 17.6. The summed E-state index contributed by atoms with van der Waals surface area (Å²) in [5, 5.41) is 8.67. The molecule has 3 heterocycles. The quantitative estimate of drug-likeness (QED) is 0.0547. The average Bonchev–Trinajstić information content (AvgIpc) is 0.961. The van der Waals surface area contributed by atoms with E-state index in [9.17, 15) is 25.3 Å². The number of fused-ring (bicyclic) bond motifs is 3. The number of primary sulfonamides is 1. The van der Waals surface area contributed by atoms with E-state index < -0.39 is 29.9 Å². The van der Waals surface area contributed by atoms with E-state index in [1.165, 1.54) is 36.4 Å². The smallest absolute Gasteiger partial charge is 0.263 e. The van der Waals surface area contributed by atoms with E-state index in [4.69, 9.17) is 78.8 Å². The lowest BCUT2D eigenvalue weighted by Gasteiger charge is -2.15. The molecule has 0 bridgehead atoms. The van der Waals surface area contributed by atoms with Crippen molar-refractivity contribution in [2.45, 2.75) is 80.3 Å². The molecule has 0 saturated heterocycles. The number of benzene rings is 8. The standard InChI is InChI=1S/C25H26N4O5S.C18H17ClN2O3S.C9H13NO3S.C8H4Cl2N2.C8H11NO2/c1-16(2)34-18-9-11-21(12-10-18)35(30,31)29-25-24(27-22-7-5-6-8-23(22)28-25)26-17-13-19(32-3)15-20(14-17)33-4;1-12(2)24-13-7-9-14(10-8-13)25(22,23)11-17-18(19)21-16-6-4-3-5-15(16)20-17;1-7(2)13-8-3-5-9(6-4-8)14(10,11)12;9-7-8(10)12-6-4-2-1-3-5(6)11-7;1-10-7-3-6(9)4-8(5-7)11-2/h5-16H,1-4H3,(H,26,27)(H,28,29);3-10,12H,11H2,1-2H3;3-7H,1-2H3,(H2,10,11,12);1-4H;3-5H,9H2,1-2H3. The van der Waals surface area contributed by atoms with Crippen LogP contribution in [0.15, 0.2) is 197 Å². The molecule has 0 fully saturated rings. The van der Waals surface area contributed by atoms with Crippen molar-refractivity contribution >= 4 is 121 Å². The van der Waals surface area contributed by atoms with Gasteiger partial charge in [0.25, 0.3) is 10.0 Å². The Balaban J connectivity index is 0.000000185. The van der Waals surface area contributed by atoms with Crippen molar-refractivity contribution in [3.8, 4) is 40.2 Å². The number of ether oxygens (including phenoxy) is 7. The number of aromatic nitrogens is 6. The van der Waals surface area contributed by atoms with Gasteiger partial charge < -0.3 is 44.2 Å². The predicted molar refractivity (Wildman–Crippen MR) is 380 cm³/mol. The van der Waals surface area contributed by atoms with Gasteiger partial charge in [-0.15, -0.1) is 0 Å². The molecule has 0 radical (unpaired) electrons. The lowest BCUT2D eigenvalue weighted by molar-refractivity contribution is 0.242. The predicted octanol–water partition coefficient (Wildman–Crippen LogP) is 14.4. The fraction of sp³-hybridized carbons (Fsp3) is 0.206. The van der Waals surface area contributed by atoms with E-state index in [2.05, 4.69) is 39.9 Å². The van der Waals surface area contributed by atoms with E-state index >= 15 is 0 Å². The maximum atomic E-state index is 13.2. The lowest BCUT2D eigenvalue weighted by atomic mass is 10.2. The van der Waals surface area contributed by atoms with Gasteiger partial charge in [0.05, 0.1) is 100 Å². The van der Waals surface area contributed by atoms with Gasteiger partial charge >= 0.3 is 0 Å². The van der Waals surface area contributed by atoms with Gasteiger partial charge in [-0.1, -0.05) is 71.2 Å². The molecular weight excluding hydrogens is 1370 g/mol. The van der Waals surface area contributed by atoms with Gasteiger partial charge in [-0.25, -0.2) is 60.3 Å². The minimum Gasteiger partial charge on any atom is -0.497 e. The van der Waals surface area contributed by atoms with Crippen molar-refractivity contribution in [3.05, 3.63) is 203 Å². The van der Waals surface area contributed by atoms with Crippen LogP contribution in [-0.2, 0) is 35.6 Å². The van der Waals surface area contributed by atoms with Crippen LogP contribution >= 0.6 is 34.8 Å². The minimum absolute atomic E-state index is 0.0210. The second-order valence-electron chi connectivity index (χ2n) is 21.3. The Labute approximate surface area is 578 Å². The molecule has 510 valence electrons. The number of halogens is 3. The highest BCUT2D eigenvalue weighted by Gasteiger charge is 2.22. The number of hydrogen-bond acceptors (Lipinski definition) is 21. The zero-order valence-electron chi connectivity index (χ0n) is 54.3. The lowest BCUT2D eigenvalue weighted by Crippen LogP contribution is -2.16. The average molecular weight is 1440 g/mol. The first-order chi connectivity index (χ1) is 46.0. The molecule has 0 aliphatic heterocycles. The number of anilines is 4. The fourth-order valence-electron chi connectivity index (χ4n) is 8.46. The van der Waals surface area contributed by atoms with Crippen LogP contribution in [0.25, 0.3) is 33.1 Å². The van der Waals surface area contributed by atoms with Crippen LogP contribution in [0.4, 0.5) is 23.0 Å². The summed E-state index contributed by atoms with van der Waals surface area (Å²) in [6.45, 7) is 11.4. The highest BCUT2D eigenvalue weighted by Crippen LogP contribution is 2.33. The van der Waals surface area contributed by atoms with Crippen molar-refractivity contribution in [3.63, 3.8) is 0 Å². The number of sulfonamides is 2. The topological polar surface area (TPSA) is 320 Å². The molecule has 0 aliphatic rings. The number of nitrogens with two attached hydrogens (primary N) is 2. The van der Waals surface area contributed by atoms with Crippen molar-refractivity contribution in [1.82, 2.24) is 29.9 Å². The fourth-order valence-corrected chi connectivity index (χ4v) is 11.8. The maximum Gasteiger partial charge on any atom is 0.263 e. The van der Waals surface area contributed by atoms with E-state index in [1.807, 2.05) is 90.1 Å². The van der Waals surface area contributed by atoms with Crippen LogP contribution in [0.5, 0.6) is 40.2 Å². The van der Waals surface area contributed by atoms with Gasteiger partial charge in [0.15, 0.2) is 36.9 Å². The van der Waals surface area contributed by atoms with Crippen LogP contribution in [0.3, 0.4) is 0 Å². The first-order valence-electron chi connectivity index (χ1n) is 29.4. The molecule has 29 heteroatoms. The molecule has 11 aromatic rings. The molecule has 0 aliphatic carbocycles. The van der Waals surface area contributed by atoms with Crippen molar-refractivity contribution in [2.24, 2.45) is 5.14 Å².